The summed E-state index contributed by atoms with van der Waals surface area (Å²) in [6, 6.07) is 0.778. The summed E-state index contributed by atoms with van der Waals surface area (Å²) >= 11 is 0. The highest BCUT2D eigenvalue weighted by Crippen LogP contribution is 2.53. The molecule has 1 saturated carbocycles. The van der Waals surface area contributed by atoms with Crippen LogP contribution in [0.1, 0.15) is 48.9 Å². The van der Waals surface area contributed by atoms with Gasteiger partial charge in [0.2, 0.25) is 5.78 Å². The summed E-state index contributed by atoms with van der Waals surface area (Å²) in [5, 5.41) is 45.0. The number of hydrogen-bond donors (Lipinski definition) is 5. The van der Waals surface area contributed by atoms with Gasteiger partial charge in [-0.3, -0.25) is 19.3 Å². The van der Waals surface area contributed by atoms with Crippen molar-refractivity contribution in [2.75, 3.05) is 14.1 Å². The van der Waals surface area contributed by atoms with E-state index in [1.807, 2.05) is 13.0 Å². The van der Waals surface area contributed by atoms with E-state index in [1.165, 1.54) is 4.90 Å². The van der Waals surface area contributed by atoms with Crippen molar-refractivity contribution in [1.82, 2.24) is 4.90 Å². The molecule has 36 heavy (non-hydrogen) atoms. The van der Waals surface area contributed by atoms with Crippen molar-refractivity contribution >= 4 is 29.3 Å². The third kappa shape index (κ3) is 3.41. The van der Waals surface area contributed by atoms with Gasteiger partial charge in [0.05, 0.1) is 11.6 Å². The monoisotopic (exact) mass is 496 g/mol. The van der Waals surface area contributed by atoms with Crippen LogP contribution in [0, 0.1) is 11.8 Å². The minimum Gasteiger partial charge on any atom is -0.508 e. The van der Waals surface area contributed by atoms with Gasteiger partial charge in [-0.1, -0.05) is 25.5 Å². The average Bonchev–Trinajstić information content (AvgIpc) is 2.79. The molecule has 0 bridgehead atoms. The average molecular weight is 497 g/mol. The summed E-state index contributed by atoms with van der Waals surface area (Å²) in [6.07, 6.45) is 5.34. The Hall–Kier alpha value is -3.43. The number of aliphatic hydroxyl groups excluding tert-OH is 2. The second-order valence-corrected chi connectivity index (χ2v) is 10.0. The lowest BCUT2D eigenvalue weighted by atomic mass is 9.57. The molecule has 192 valence electrons. The zero-order valence-electron chi connectivity index (χ0n) is 20.8. The number of aromatic hydroxyl groups is 1. The highest BCUT2D eigenvalue weighted by molar-refractivity contribution is 6.24. The summed E-state index contributed by atoms with van der Waals surface area (Å²) < 4.78 is 0. The molecule has 9 nitrogen and oxygen atoms in total. The number of ketones is 2. The summed E-state index contributed by atoms with van der Waals surface area (Å²) in [6.45, 7) is 3.81. The van der Waals surface area contributed by atoms with Crippen LogP contribution in [0.15, 0.2) is 29.0 Å². The number of likely N-dealkylation sites (N-methyl/N-ethyl adjacent to an activating group) is 1. The largest absolute Gasteiger partial charge is 0.508 e. The number of phenolic OH excluding ortho intramolecular Hbond substituents is 1. The van der Waals surface area contributed by atoms with Crippen molar-refractivity contribution in [1.29, 1.82) is 0 Å². The van der Waals surface area contributed by atoms with E-state index in [2.05, 4.69) is 0 Å². The number of nitrogens with two attached hydrogens (primary N) is 1. The number of aryl methyl sites for hydroxylation is 1. The fourth-order valence-electron chi connectivity index (χ4n) is 6.21. The van der Waals surface area contributed by atoms with Gasteiger partial charge in [-0.25, -0.2) is 0 Å². The number of carbonyl (C=O) groups excluding carboxylic acids is 3. The van der Waals surface area contributed by atoms with Crippen molar-refractivity contribution < 1.29 is 34.8 Å². The lowest BCUT2D eigenvalue weighted by Gasteiger charge is -2.50. The maximum absolute atomic E-state index is 13.9. The zero-order valence-corrected chi connectivity index (χ0v) is 20.8. The van der Waals surface area contributed by atoms with Crippen LogP contribution in [0.5, 0.6) is 5.75 Å². The molecule has 0 heterocycles. The number of benzene rings is 1. The van der Waals surface area contributed by atoms with Crippen molar-refractivity contribution in [2.45, 2.75) is 51.2 Å². The first kappa shape index (κ1) is 25.7. The molecule has 0 aliphatic heterocycles. The summed E-state index contributed by atoms with van der Waals surface area (Å²) in [5.41, 5.74) is 4.02. The van der Waals surface area contributed by atoms with Crippen LogP contribution in [-0.4, -0.2) is 68.5 Å². The Kier molecular flexibility index (Phi) is 6.34. The van der Waals surface area contributed by atoms with Gasteiger partial charge < -0.3 is 26.2 Å². The van der Waals surface area contributed by atoms with E-state index in [4.69, 9.17) is 5.73 Å². The standard InChI is InChI=1S/C27H32N2O7/c1-5-7-12-9-13(8-6-2)21(30)18-15(12)10-14-11-16-20(29(3)4)23(32)19(26(28)35)25(34)27(16,36)24(33)17(14)22(18)31/h6,8-9,14,16,20,30-31,34,36H,5,7,10-11H2,1-4H3,(H2,28,35)/b8-6+/t14-,16-,20-,27-/m0/s1. The fourth-order valence-corrected chi connectivity index (χ4v) is 6.21. The van der Waals surface area contributed by atoms with Gasteiger partial charge in [0.25, 0.3) is 5.91 Å². The molecule has 0 unspecified atom stereocenters. The minimum absolute atomic E-state index is 0.0781. The highest BCUT2D eigenvalue weighted by atomic mass is 16.3. The molecule has 6 N–H and O–H groups in total. The number of aliphatic hydroxyl groups is 3. The van der Waals surface area contributed by atoms with Gasteiger partial charge >= 0.3 is 0 Å². The second-order valence-electron chi connectivity index (χ2n) is 10.0. The molecule has 3 aliphatic carbocycles. The van der Waals surface area contributed by atoms with Crippen molar-refractivity contribution in [3.8, 4) is 5.75 Å². The molecule has 1 aromatic carbocycles. The molecular weight excluding hydrogens is 464 g/mol. The molecule has 4 rings (SSSR count). The number of amides is 1. The topological polar surface area (TPSA) is 161 Å². The van der Waals surface area contributed by atoms with Gasteiger partial charge in [-0.2, -0.15) is 0 Å². The van der Waals surface area contributed by atoms with E-state index in [9.17, 15) is 34.8 Å². The van der Waals surface area contributed by atoms with E-state index in [1.54, 1.807) is 33.2 Å². The number of primary amides is 1. The van der Waals surface area contributed by atoms with Crippen molar-refractivity contribution in [2.24, 2.45) is 17.6 Å². The quantitative estimate of drug-likeness (QED) is 0.387. The molecule has 1 amide bonds. The number of Topliss-reactive ketones (excluding diaryl/α,β-unsaturated/α-hetero) is 2. The number of fused-ring (bicyclic) bond motifs is 3. The van der Waals surface area contributed by atoms with E-state index in [0.29, 0.717) is 24.0 Å². The van der Waals surface area contributed by atoms with Crippen LogP contribution < -0.4 is 5.73 Å². The van der Waals surface area contributed by atoms with Crippen LogP contribution in [0.2, 0.25) is 0 Å². The van der Waals surface area contributed by atoms with Crippen molar-refractivity contribution in [3.05, 3.63) is 51.3 Å². The summed E-state index contributed by atoms with van der Waals surface area (Å²) in [4.78, 5) is 40.6. The molecule has 1 aromatic rings. The SMILES string of the molecule is C/C=C/c1cc(CCC)c2c(c1O)C(O)=C1C(=O)[C@]3(O)C(O)=C(C(N)=O)C(=O)[C@@H](N(C)C)[C@@H]3C[C@@H]1C2. The molecule has 4 atom stereocenters. The fraction of sp³-hybridized carbons (Fsp3) is 0.444. The number of allylic oxidation sites excluding steroid dienone is 1. The Morgan fingerprint density at radius 2 is 1.92 bits per heavy atom. The Balaban J connectivity index is 2.00. The molecule has 0 radical (unpaired) electrons. The van der Waals surface area contributed by atoms with E-state index >= 15 is 0 Å². The first-order valence-corrected chi connectivity index (χ1v) is 12.1. The van der Waals surface area contributed by atoms with Gasteiger partial charge in [0.1, 0.15) is 22.8 Å². The van der Waals surface area contributed by atoms with Crippen LogP contribution >= 0.6 is 0 Å². The first-order chi connectivity index (χ1) is 16.9. The predicted molar refractivity (Wildman–Crippen MR) is 133 cm³/mol. The normalized spacial score (nSPS) is 28.0. The summed E-state index contributed by atoms with van der Waals surface area (Å²) in [5.74, 6) is -6.41. The summed E-state index contributed by atoms with van der Waals surface area (Å²) in [7, 11) is 3.15. The number of hydrogen-bond acceptors (Lipinski definition) is 8. The molecular formula is C27H32N2O7. The molecule has 0 aromatic heterocycles. The Morgan fingerprint density at radius 3 is 2.47 bits per heavy atom. The number of phenols is 1. The lowest BCUT2D eigenvalue weighted by Crippen LogP contribution is -2.65. The molecule has 0 spiro atoms. The van der Waals surface area contributed by atoms with Gasteiger partial charge in [0.15, 0.2) is 11.4 Å². The predicted octanol–water partition coefficient (Wildman–Crippen LogP) is 1.95. The Morgan fingerprint density at radius 1 is 1.25 bits per heavy atom. The van der Waals surface area contributed by atoms with Crippen molar-refractivity contribution in [3.63, 3.8) is 0 Å². The van der Waals surface area contributed by atoms with E-state index < -0.39 is 58.0 Å². The highest BCUT2D eigenvalue weighted by Gasteiger charge is 2.64. The first-order valence-electron chi connectivity index (χ1n) is 12.1. The molecule has 3 aliphatic rings. The van der Waals surface area contributed by atoms with Gasteiger partial charge in [-0.15, -0.1) is 0 Å². The smallest absolute Gasteiger partial charge is 0.255 e. The third-order valence-electron chi connectivity index (χ3n) is 7.71. The van der Waals surface area contributed by atoms with Crippen LogP contribution in [-0.2, 0) is 27.2 Å². The molecule has 0 saturated heterocycles. The molecule has 1 fully saturated rings. The second kappa shape index (κ2) is 8.90. The third-order valence-corrected chi connectivity index (χ3v) is 7.71. The maximum atomic E-state index is 13.9. The minimum atomic E-state index is -2.63. The maximum Gasteiger partial charge on any atom is 0.255 e. The zero-order chi connectivity index (χ0) is 26.7. The van der Waals surface area contributed by atoms with E-state index in [0.717, 1.165) is 12.0 Å². The van der Waals surface area contributed by atoms with Crippen LogP contribution in [0.3, 0.4) is 0 Å². The van der Waals surface area contributed by atoms with E-state index in [-0.39, 0.29) is 23.3 Å². The van der Waals surface area contributed by atoms with Gasteiger partial charge in [-0.05, 0) is 63.4 Å². The van der Waals surface area contributed by atoms with Gasteiger partial charge in [0, 0.05) is 17.1 Å². The Labute approximate surface area is 209 Å². The number of carbonyl (C=O) groups is 3. The number of rotatable bonds is 5. The Bertz CT molecular complexity index is 1270. The van der Waals surface area contributed by atoms with Crippen LogP contribution in [0.25, 0.3) is 11.8 Å². The lowest BCUT2D eigenvalue weighted by molar-refractivity contribution is -0.153. The number of nitrogens with zero attached hydrogens (tertiary/aromatic N) is 1. The van der Waals surface area contributed by atoms with Crippen LogP contribution in [0.4, 0.5) is 0 Å². The molecule has 9 heteroatoms.